The summed E-state index contributed by atoms with van der Waals surface area (Å²) in [5, 5.41) is 8.27. The van der Waals surface area contributed by atoms with Crippen LogP contribution in [0.5, 0.6) is 0 Å². The van der Waals surface area contributed by atoms with Gasteiger partial charge < -0.3 is 10.8 Å². The maximum Gasteiger partial charge on any atom is 0.455 e. The van der Waals surface area contributed by atoms with Gasteiger partial charge in [-0.15, -0.1) is 0 Å². The normalized spacial score (nSPS) is 10.9. The number of hydrogen-bond donors (Lipinski definition) is 2. The van der Waals surface area contributed by atoms with Crippen LogP contribution in [0.3, 0.4) is 0 Å². The van der Waals surface area contributed by atoms with Crippen LogP contribution in [0.4, 0.5) is 0 Å². The molecule has 6 heteroatoms. The number of hydrogen-bond acceptors (Lipinski definition) is 4. The number of rotatable bonds is 4. The highest BCUT2D eigenvalue weighted by atomic mass is 32.2. The van der Waals surface area contributed by atoms with Gasteiger partial charge in [-0.25, -0.2) is 0 Å². The van der Waals surface area contributed by atoms with Gasteiger partial charge in [0.1, 0.15) is 6.04 Å². The SMILES string of the molecule is CSCC[C@H](N)C(=O)O.C[S+]=O. The molecule has 0 bridgehead atoms. The molecule has 0 saturated carbocycles. The van der Waals surface area contributed by atoms with E-state index in [9.17, 15) is 4.79 Å². The van der Waals surface area contributed by atoms with E-state index in [1.807, 2.05) is 6.26 Å². The minimum Gasteiger partial charge on any atom is -0.480 e. The van der Waals surface area contributed by atoms with Gasteiger partial charge in [0.05, 0.1) is 0 Å². The van der Waals surface area contributed by atoms with Crippen LogP contribution in [-0.2, 0) is 20.7 Å². The topological polar surface area (TPSA) is 80.4 Å². The van der Waals surface area contributed by atoms with Crippen LogP contribution in [0.1, 0.15) is 6.42 Å². The van der Waals surface area contributed by atoms with Crippen LogP contribution in [0.2, 0.25) is 0 Å². The van der Waals surface area contributed by atoms with E-state index < -0.39 is 12.0 Å². The van der Waals surface area contributed by atoms with E-state index in [1.54, 1.807) is 11.8 Å². The second-order valence-corrected chi connectivity index (χ2v) is 3.21. The van der Waals surface area contributed by atoms with Gasteiger partial charge in [0.15, 0.2) is 0 Å². The highest BCUT2D eigenvalue weighted by Crippen LogP contribution is 1.97. The molecule has 0 rings (SSSR count). The molecule has 0 aliphatic carbocycles. The number of carbonyl (C=O) groups is 1. The van der Waals surface area contributed by atoms with Crippen molar-refractivity contribution >= 4 is 29.4 Å². The molecule has 0 amide bonds. The summed E-state index contributed by atoms with van der Waals surface area (Å²) in [7, 11) is 0. The Morgan fingerprint density at radius 3 is 2.42 bits per heavy atom. The zero-order valence-corrected chi connectivity index (χ0v) is 8.78. The maximum atomic E-state index is 10.1. The number of carboxylic acid groups (broad SMARTS) is 1. The zero-order valence-electron chi connectivity index (χ0n) is 7.15. The third-order valence-electron chi connectivity index (χ3n) is 0.950. The Kier molecular flexibility index (Phi) is 12.9. The zero-order chi connectivity index (χ0) is 9.98. The molecule has 3 N–H and O–H groups in total. The molecular weight excluding hydrogens is 198 g/mol. The summed E-state index contributed by atoms with van der Waals surface area (Å²) >= 11 is 2.10. The van der Waals surface area contributed by atoms with Crippen LogP contribution >= 0.6 is 11.8 Å². The van der Waals surface area contributed by atoms with E-state index in [4.69, 9.17) is 15.0 Å². The summed E-state index contributed by atoms with van der Waals surface area (Å²) in [5.41, 5.74) is 5.19. The van der Waals surface area contributed by atoms with Crippen molar-refractivity contribution in [2.75, 3.05) is 18.3 Å². The third-order valence-corrected chi connectivity index (χ3v) is 1.59. The molecule has 4 nitrogen and oxygen atoms in total. The second-order valence-electron chi connectivity index (χ2n) is 1.89. The number of nitrogens with two attached hydrogens (primary N) is 1. The summed E-state index contributed by atoms with van der Waals surface area (Å²) in [6.07, 6.45) is 3.96. The van der Waals surface area contributed by atoms with Crippen molar-refractivity contribution in [3.63, 3.8) is 0 Å². The number of carboxylic acids is 1. The highest BCUT2D eigenvalue weighted by Gasteiger charge is 2.08. The van der Waals surface area contributed by atoms with Crippen molar-refractivity contribution in [1.29, 1.82) is 0 Å². The molecule has 0 aliphatic heterocycles. The van der Waals surface area contributed by atoms with Gasteiger partial charge in [-0.2, -0.15) is 11.8 Å². The minimum absolute atomic E-state index is 0.500. The monoisotopic (exact) mass is 212 g/mol. The van der Waals surface area contributed by atoms with Crippen molar-refractivity contribution in [2.45, 2.75) is 12.5 Å². The number of aliphatic carboxylic acids is 1. The smallest absolute Gasteiger partial charge is 0.455 e. The second kappa shape index (κ2) is 10.8. The predicted molar refractivity (Wildman–Crippen MR) is 52.6 cm³/mol. The predicted octanol–water partition coefficient (Wildman–Crippen LogP) is 0.196. The molecule has 0 aromatic rings. The average molecular weight is 212 g/mol. The molecule has 0 saturated heterocycles. The average Bonchev–Trinajstić information content (AvgIpc) is 2.01. The Balaban J connectivity index is 0. The van der Waals surface area contributed by atoms with Gasteiger partial charge in [0.25, 0.3) is 0 Å². The Bertz CT molecular complexity index is 132. The van der Waals surface area contributed by atoms with E-state index in [-0.39, 0.29) is 0 Å². The fourth-order valence-corrected chi connectivity index (χ4v) is 0.858. The first-order valence-electron chi connectivity index (χ1n) is 3.23. The van der Waals surface area contributed by atoms with E-state index in [0.717, 1.165) is 5.75 Å². The number of thioether (sulfide) groups is 1. The first-order chi connectivity index (χ1) is 5.59. The summed E-state index contributed by atoms with van der Waals surface area (Å²) in [6, 6.07) is -0.683. The molecule has 0 fully saturated rings. The molecule has 0 aromatic heterocycles. The molecule has 0 heterocycles. The van der Waals surface area contributed by atoms with Gasteiger partial charge in [0.2, 0.25) is 6.26 Å². The van der Waals surface area contributed by atoms with Crippen LogP contribution < -0.4 is 5.73 Å². The molecule has 72 valence electrons. The van der Waals surface area contributed by atoms with Gasteiger partial charge in [-0.05, 0) is 18.4 Å². The first kappa shape index (κ1) is 14.3. The summed E-state index contributed by atoms with van der Waals surface area (Å²) in [5.74, 6) is -0.1000. The van der Waals surface area contributed by atoms with Crippen LogP contribution in [0.15, 0.2) is 0 Å². The molecule has 0 radical (unpaired) electrons. The molecule has 0 aliphatic rings. The molecule has 0 aromatic carbocycles. The van der Waals surface area contributed by atoms with Crippen LogP contribution in [0, 0.1) is 0 Å². The standard InChI is InChI=1S/C5H11NO2S.CH3OS/c1-9-3-2-4(6)5(7)8;1-3-2/h4H,2-3,6H2,1H3,(H,7,8);1H3/q;+1/t4-;/m0./s1. The fourth-order valence-electron chi connectivity index (χ4n) is 0.368. The van der Waals surface area contributed by atoms with Crippen molar-refractivity contribution in [3.8, 4) is 0 Å². The molecule has 0 unspecified atom stereocenters. The Hall–Kier alpha value is -0.200. The maximum absolute atomic E-state index is 10.1. The molecule has 12 heavy (non-hydrogen) atoms. The van der Waals surface area contributed by atoms with E-state index in [2.05, 4.69) is 0 Å². The van der Waals surface area contributed by atoms with Gasteiger partial charge in [-0.1, -0.05) is 0 Å². The Morgan fingerprint density at radius 2 is 2.17 bits per heavy atom. The third kappa shape index (κ3) is 12.5. The first-order valence-corrected chi connectivity index (χ1v) is 5.77. The van der Waals surface area contributed by atoms with E-state index in [0.29, 0.717) is 18.1 Å². The van der Waals surface area contributed by atoms with Gasteiger partial charge in [0, 0.05) is 4.21 Å². The van der Waals surface area contributed by atoms with Crippen LogP contribution in [-0.4, -0.2) is 35.4 Å². The van der Waals surface area contributed by atoms with Crippen molar-refractivity contribution in [1.82, 2.24) is 0 Å². The summed E-state index contributed by atoms with van der Waals surface area (Å²) in [4.78, 5) is 10.1. The quantitative estimate of drug-likeness (QED) is 0.650. The lowest BCUT2D eigenvalue weighted by atomic mass is 10.2. The Labute approximate surface area is 80.4 Å². The van der Waals surface area contributed by atoms with Gasteiger partial charge in [-0.3, -0.25) is 4.79 Å². The summed E-state index contributed by atoms with van der Waals surface area (Å²) in [6.45, 7) is 0. The largest absolute Gasteiger partial charge is 0.480 e. The van der Waals surface area contributed by atoms with Crippen molar-refractivity contribution in [2.24, 2.45) is 5.73 Å². The highest BCUT2D eigenvalue weighted by molar-refractivity contribution is 7.98. The lowest BCUT2D eigenvalue weighted by molar-refractivity contribution is -0.138. The van der Waals surface area contributed by atoms with E-state index in [1.165, 1.54) is 6.26 Å². The van der Waals surface area contributed by atoms with E-state index >= 15 is 0 Å². The lowest BCUT2D eigenvalue weighted by Gasteiger charge is -2.02. The van der Waals surface area contributed by atoms with Crippen molar-refractivity contribution in [3.05, 3.63) is 0 Å². The molecule has 0 spiro atoms. The minimum atomic E-state index is -0.913. The Morgan fingerprint density at radius 1 is 1.75 bits per heavy atom. The molecular formula is C6H14NO3S2+. The lowest BCUT2D eigenvalue weighted by Crippen LogP contribution is -2.30. The van der Waals surface area contributed by atoms with Gasteiger partial charge >= 0.3 is 17.6 Å². The van der Waals surface area contributed by atoms with Crippen LogP contribution in [0.25, 0.3) is 0 Å². The molecule has 1 atom stereocenters. The fraction of sp³-hybridized carbons (Fsp3) is 0.833. The summed E-state index contributed by atoms with van der Waals surface area (Å²) < 4.78 is 8.85. The van der Waals surface area contributed by atoms with Crippen molar-refractivity contribution < 1.29 is 14.1 Å².